The lowest BCUT2D eigenvalue weighted by molar-refractivity contribution is -0.150. The molecule has 2 N–H and O–H groups in total. The maximum absolute atomic E-state index is 12.7. The lowest BCUT2D eigenvalue weighted by atomic mass is 9.97. The van der Waals surface area contributed by atoms with Crippen LogP contribution in [-0.4, -0.2) is 49.1 Å². The maximum Gasteiger partial charge on any atom is 0.355 e. The van der Waals surface area contributed by atoms with Crippen molar-refractivity contribution in [1.82, 2.24) is 5.43 Å². The van der Waals surface area contributed by atoms with Gasteiger partial charge in [0.15, 0.2) is 11.6 Å². The Kier molecular flexibility index (Phi) is 8.59. The molecule has 1 aromatic carbocycles. The maximum atomic E-state index is 12.7. The fourth-order valence-electron chi connectivity index (χ4n) is 1.93. The molecule has 0 aliphatic heterocycles. The van der Waals surface area contributed by atoms with Gasteiger partial charge in [-0.25, -0.2) is 4.79 Å². The second-order valence-electron chi connectivity index (χ2n) is 6.75. The van der Waals surface area contributed by atoms with Gasteiger partial charge >= 0.3 is 11.9 Å². The Hall–Kier alpha value is -2.65. The van der Waals surface area contributed by atoms with E-state index in [4.69, 9.17) is 23.2 Å². The Bertz CT molecular complexity index is 848. The predicted octanol–water partition coefficient (Wildman–Crippen LogP) is 2.21. The number of ketones is 1. The Balaban J connectivity index is 3.31. The average molecular weight is 446 g/mol. The quantitative estimate of drug-likeness (QED) is 0.216. The lowest BCUT2D eigenvalue weighted by Crippen LogP contribution is -2.45. The number of esters is 2. The SMILES string of the molecule is COC(=O)/C(=N/NC(C)(C)C)[C@@H](C(=O)OC)C(=O)C(=O)Nc1cc(Cl)ccc1Cl. The van der Waals surface area contributed by atoms with E-state index in [2.05, 4.69) is 25.3 Å². The second kappa shape index (κ2) is 10.2. The highest BCUT2D eigenvalue weighted by Gasteiger charge is 2.41. The lowest BCUT2D eigenvalue weighted by Gasteiger charge is -2.20. The molecule has 158 valence electrons. The van der Waals surface area contributed by atoms with Crippen molar-refractivity contribution in [2.24, 2.45) is 11.0 Å². The van der Waals surface area contributed by atoms with E-state index in [1.54, 1.807) is 20.8 Å². The topological polar surface area (TPSA) is 123 Å². The van der Waals surface area contributed by atoms with E-state index in [1.807, 2.05) is 0 Å². The molecular weight excluding hydrogens is 425 g/mol. The highest BCUT2D eigenvalue weighted by molar-refractivity contribution is 6.56. The number of anilines is 1. The molecule has 0 heterocycles. The van der Waals surface area contributed by atoms with E-state index in [0.29, 0.717) is 0 Å². The summed E-state index contributed by atoms with van der Waals surface area (Å²) >= 11 is 11.8. The van der Waals surface area contributed by atoms with Gasteiger partial charge in [0.05, 0.1) is 24.9 Å². The Morgan fingerprint density at radius 1 is 1.07 bits per heavy atom. The Morgan fingerprint density at radius 3 is 2.21 bits per heavy atom. The molecule has 0 aliphatic rings. The minimum absolute atomic E-state index is 0.0468. The molecule has 0 saturated carbocycles. The fraction of sp³-hybridized carbons (Fsp3) is 0.389. The molecule has 1 rings (SSSR count). The molecule has 29 heavy (non-hydrogen) atoms. The van der Waals surface area contributed by atoms with Crippen molar-refractivity contribution >= 4 is 58.2 Å². The zero-order valence-corrected chi connectivity index (χ0v) is 18.0. The summed E-state index contributed by atoms with van der Waals surface area (Å²) in [7, 11) is 2.04. The zero-order valence-electron chi connectivity index (χ0n) is 16.5. The normalized spacial score (nSPS) is 12.6. The molecule has 0 fully saturated rings. The number of methoxy groups -OCH3 is 2. The molecule has 1 aromatic rings. The number of nitrogens with one attached hydrogen (secondary N) is 2. The van der Waals surface area contributed by atoms with Crippen molar-refractivity contribution in [2.45, 2.75) is 26.3 Å². The number of amides is 1. The number of carbonyl (C=O) groups is 4. The molecule has 11 heteroatoms. The summed E-state index contributed by atoms with van der Waals surface area (Å²) in [5, 5.41) is 6.44. The molecule has 0 spiro atoms. The number of halogens is 2. The highest BCUT2D eigenvalue weighted by atomic mass is 35.5. The van der Waals surface area contributed by atoms with E-state index < -0.39 is 40.8 Å². The first-order chi connectivity index (χ1) is 13.4. The molecule has 0 radical (unpaired) electrons. The third-order valence-corrected chi connectivity index (χ3v) is 3.84. The monoisotopic (exact) mass is 445 g/mol. The number of carbonyl (C=O) groups excluding carboxylic acids is 4. The molecular formula is C18H21Cl2N3O6. The van der Waals surface area contributed by atoms with Crippen LogP contribution < -0.4 is 10.7 Å². The summed E-state index contributed by atoms with van der Waals surface area (Å²) in [5.74, 6) is -6.73. The summed E-state index contributed by atoms with van der Waals surface area (Å²) < 4.78 is 9.18. The van der Waals surface area contributed by atoms with Crippen LogP contribution in [0.15, 0.2) is 23.3 Å². The largest absolute Gasteiger partial charge is 0.468 e. The van der Waals surface area contributed by atoms with Crippen LogP contribution in [0.1, 0.15) is 20.8 Å². The third-order valence-electron chi connectivity index (χ3n) is 3.28. The molecule has 0 bridgehead atoms. The number of hydrazone groups is 1. The summed E-state index contributed by atoms with van der Waals surface area (Å²) in [6.45, 7) is 5.19. The van der Waals surface area contributed by atoms with Crippen molar-refractivity contribution in [3.63, 3.8) is 0 Å². The first-order valence-corrected chi connectivity index (χ1v) is 8.98. The van der Waals surface area contributed by atoms with E-state index in [-0.39, 0.29) is 15.7 Å². The molecule has 0 aromatic heterocycles. The zero-order chi connectivity index (χ0) is 22.4. The number of hydrogen-bond donors (Lipinski definition) is 2. The van der Waals surface area contributed by atoms with Gasteiger partial charge in [-0.1, -0.05) is 23.2 Å². The van der Waals surface area contributed by atoms with Crippen LogP contribution in [0.2, 0.25) is 10.0 Å². The summed E-state index contributed by atoms with van der Waals surface area (Å²) in [6, 6.07) is 4.22. The molecule has 0 aliphatic carbocycles. The van der Waals surface area contributed by atoms with Gasteiger partial charge in [-0.2, -0.15) is 5.10 Å². The predicted molar refractivity (Wildman–Crippen MR) is 108 cm³/mol. The molecule has 0 unspecified atom stereocenters. The standard InChI is InChI=1S/C18H21Cl2N3O6/c1-18(2,3)23-22-13(17(27)29-5)12(16(26)28-4)14(24)15(25)21-11-8-9(19)6-7-10(11)20/h6-8,12,23H,1-5H3,(H,21,25)/b22-13+/t12-/m1/s1. The number of rotatable bonds is 7. The van der Waals surface area contributed by atoms with Gasteiger partial charge in [-0.3, -0.25) is 14.4 Å². The van der Waals surface area contributed by atoms with Gasteiger partial charge in [-0.15, -0.1) is 0 Å². The van der Waals surface area contributed by atoms with E-state index in [1.165, 1.54) is 18.2 Å². The number of Topliss-reactive ketones (excluding diaryl/α,β-unsaturated/α-hetero) is 1. The van der Waals surface area contributed by atoms with Crippen LogP contribution in [0.5, 0.6) is 0 Å². The molecule has 9 nitrogen and oxygen atoms in total. The minimum Gasteiger partial charge on any atom is -0.468 e. The van der Waals surface area contributed by atoms with Crippen molar-refractivity contribution in [1.29, 1.82) is 0 Å². The molecule has 0 saturated heterocycles. The van der Waals surface area contributed by atoms with E-state index >= 15 is 0 Å². The van der Waals surface area contributed by atoms with Gasteiger partial charge in [0.25, 0.3) is 5.91 Å². The number of hydrogen-bond acceptors (Lipinski definition) is 8. The Labute approximate surface area is 177 Å². The highest BCUT2D eigenvalue weighted by Crippen LogP contribution is 2.25. The number of nitrogens with zero attached hydrogens (tertiary/aromatic N) is 1. The van der Waals surface area contributed by atoms with Gasteiger partial charge < -0.3 is 20.2 Å². The fourth-order valence-corrected chi connectivity index (χ4v) is 2.27. The van der Waals surface area contributed by atoms with Crippen molar-refractivity contribution in [3.05, 3.63) is 28.2 Å². The minimum atomic E-state index is -1.96. The van der Waals surface area contributed by atoms with Crippen molar-refractivity contribution < 1.29 is 28.7 Å². The van der Waals surface area contributed by atoms with Crippen LogP contribution in [0, 0.1) is 5.92 Å². The van der Waals surface area contributed by atoms with Crippen LogP contribution in [-0.2, 0) is 28.7 Å². The van der Waals surface area contributed by atoms with Gasteiger partial charge in [0, 0.05) is 10.6 Å². The Morgan fingerprint density at radius 2 is 1.69 bits per heavy atom. The van der Waals surface area contributed by atoms with Crippen LogP contribution in [0.3, 0.4) is 0 Å². The first-order valence-electron chi connectivity index (χ1n) is 8.22. The van der Waals surface area contributed by atoms with Crippen LogP contribution in [0.25, 0.3) is 0 Å². The number of benzene rings is 1. The smallest absolute Gasteiger partial charge is 0.355 e. The molecule has 1 atom stereocenters. The number of ether oxygens (including phenoxy) is 2. The van der Waals surface area contributed by atoms with Crippen molar-refractivity contribution in [2.75, 3.05) is 19.5 Å². The first kappa shape index (κ1) is 24.4. The van der Waals surface area contributed by atoms with Crippen molar-refractivity contribution in [3.8, 4) is 0 Å². The van der Waals surface area contributed by atoms with Gasteiger partial charge in [0.2, 0.25) is 5.78 Å². The van der Waals surface area contributed by atoms with Gasteiger partial charge in [-0.05, 0) is 39.0 Å². The van der Waals surface area contributed by atoms with Crippen LogP contribution in [0.4, 0.5) is 5.69 Å². The van der Waals surface area contributed by atoms with Crippen LogP contribution >= 0.6 is 23.2 Å². The van der Waals surface area contributed by atoms with E-state index in [0.717, 1.165) is 14.2 Å². The molecule has 1 amide bonds. The second-order valence-corrected chi connectivity index (χ2v) is 7.59. The van der Waals surface area contributed by atoms with Gasteiger partial charge in [0.1, 0.15) is 0 Å². The third kappa shape index (κ3) is 7.03. The summed E-state index contributed by atoms with van der Waals surface area (Å²) in [5.41, 5.74) is 1.42. The van der Waals surface area contributed by atoms with E-state index in [9.17, 15) is 19.2 Å². The average Bonchev–Trinajstić information content (AvgIpc) is 2.65. The summed E-state index contributed by atoms with van der Waals surface area (Å²) in [4.78, 5) is 49.6. The summed E-state index contributed by atoms with van der Waals surface area (Å²) in [6.07, 6.45) is 0.